The third-order valence-electron chi connectivity index (χ3n) is 2.36. The van der Waals surface area contributed by atoms with Gasteiger partial charge in [-0.3, -0.25) is 4.57 Å². The Kier molecular flexibility index (Phi) is 3.83. The molecule has 0 unspecified atom stereocenters. The fourth-order valence-electron chi connectivity index (χ4n) is 1.48. The number of nitrogens with zero attached hydrogens (tertiary/aromatic N) is 3. The van der Waals surface area contributed by atoms with Crippen LogP contribution >= 0.6 is 11.8 Å². The second kappa shape index (κ2) is 5.36. The highest BCUT2D eigenvalue weighted by atomic mass is 32.2. The van der Waals surface area contributed by atoms with Gasteiger partial charge in [0.2, 0.25) is 0 Å². The molecule has 0 saturated carbocycles. The first-order chi connectivity index (χ1) is 8.61. The van der Waals surface area contributed by atoms with Crippen molar-refractivity contribution in [1.82, 2.24) is 19.7 Å². The molecule has 2 heterocycles. The molecule has 0 bridgehead atoms. The molecule has 96 valence electrons. The van der Waals surface area contributed by atoms with Crippen molar-refractivity contribution in [2.75, 3.05) is 0 Å². The van der Waals surface area contributed by atoms with Crippen LogP contribution in [0, 0.1) is 0 Å². The van der Waals surface area contributed by atoms with E-state index in [0.717, 1.165) is 10.6 Å². The molecule has 0 atom stereocenters. The lowest BCUT2D eigenvalue weighted by Crippen LogP contribution is -2.19. The third-order valence-corrected chi connectivity index (χ3v) is 3.29. The van der Waals surface area contributed by atoms with Gasteiger partial charge in [0.1, 0.15) is 5.03 Å². The van der Waals surface area contributed by atoms with E-state index < -0.39 is 0 Å². The fourth-order valence-corrected chi connectivity index (χ4v) is 2.39. The molecule has 0 aliphatic carbocycles. The first-order valence-corrected chi connectivity index (χ1v) is 6.34. The topological polar surface area (TPSA) is 83.8 Å². The zero-order valence-corrected chi connectivity index (χ0v) is 10.9. The summed E-state index contributed by atoms with van der Waals surface area (Å²) < 4.78 is 1.58. The second-order valence-corrected chi connectivity index (χ2v) is 5.03. The van der Waals surface area contributed by atoms with Crippen molar-refractivity contribution < 1.29 is 5.11 Å². The van der Waals surface area contributed by atoms with Gasteiger partial charge >= 0.3 is 5.69 Å². The summed E-state index contributed by atoms with van der Waals surface area (Å²) in [4.78, 5) is 15.7. The van der Waals surface area contributed by atoms with Crippen molar-refractivity contribution in [1.29, 1.82) is 0 Å². The fraction of sp³-hybridized carbons (Fsp3) is 0.364. The first-order valence-electron chi connectivity index (χ1n) is 5.52. The van der Waals surface area contributed by atoms with E-state index in [0.29, 0.717) is 5.16 Å². The van der Waals surface area contributed by atoms with Gasteiger partial charge in [-0.1, -0.05) is 6.07 Å². The van der Waals surface area contributed by atoms with Gasteiger partial charge in [-0.05, 0) is 37.2 Å². The van der Waals surface area contributed by atoms with Gasteiger partial charge < -0.3 is 5.11 Å². The van der Waals surface area contributed by atoms with E-state index in [9.17, 15) is 4.79 Å². The van der Waals surface area contributed by atoms with Gasteiger partial charge in [-0.15, -0.1) is 5.10 Å². The van der Waals surface area contributed by atoms with Crippen LogP contribution in [-0.4, -0.2) is 24.9 Å². The van der Waals surface area contributed by atoms with Crippen LogP contribution in [0.3, 0.4) is 0 Å². The van der Waals surface area contributed by atoms with E-state index >= 15 is 0 Å². The highest BCUT2D eigenvalue weighted by Gasteiger charge is 2.13. The molecule has 2 aromatic rings. The van der Waals surface area contributed by atoms with Crippen molar-refractivity contribution in [3.05, 3.63) is 34.4 Å². The zero-order chi connectivity index (χ0) is 13.1. The largest absolute Gasteiger partial charge is 0.392 e. The van der Waals surface area contributed by atoms with Gasteiger partial charge in [-0.25, -0.2) is 14.9 Å². The Morgan fingerprint density at radius 2 is 2.28 bits per heavy atom. The Balaban J connectivity index is 2.25. The molecule has 7 heteroatoms. The molecule has 0 fully saturated rings. The number of nitrogens with one attached hydrogen (secondary N) is 1. The maximum atomic E-state index is 11.6. The van der Waals surface area contributed by atoms with E-state index in [1.165, 1.54) is 11.8 Å². The molecule has 0 aliphatic heterocycles. The second-order valence-electron chi connectivity index (χ2n) is 4.04. The molecule has 2 rings (SSSR count). The van der Waals surface area contributed by atoms with Crippen LogP contribution in [0.1, 0.15) is 25.5 Å². The summed E-state index contributed by atoms with van der Waals surface area (Å²) >= 11 is 1.31. The molecule has 2 N–H and O–H groups in total. The first kappa shape index (κ1) is 12.8. The molecule has 0 spiro atoms. The lowest BCUT2D eigenvalue weighted by Gasteiger charge is -2.07. The van der Waals surface area contributed by atoms with E-state index in [2.05, 4.69) is 15.2 Å². The Hall–Kier alpha value is -1.60. The lowest BCUT2D eigenvalue weighted by atomic mass is 10.3. The maximum absolute atomic E-state index is 11.6. The number of aromatic amines is 1. The SMILES string of the molecule is CC(C)n1c(Sc2ccc(CO)cn2)n[nH]c1=O. The number of hydrogen-bond donors (Lipinski definition) is 2. The van der Waals surface area contributed by atoms with Crippen molar-refractivity contribution >= 4 is 11.8 Å². The molecular formula is C11H14N4O2S. The minimum atomic E-state index is -0.223. The van der Waals surface area contributed by atoms with Crippen LogP contribution in [0.15, 0.2) is 33.3 Å². The van der Waals surface area contributed by atoms with Gasteiger partial charge in [0, 0.05) is 12.2 Å². The van der Waals surface area contributed by atoms with Crippen LogP contribution in [-0.2, 0) is 6.61 Å². The van der Waals surface area contributed by atoms with E-state index in [4.69, 9.17) is 5.11 Å². The number of hydrogen-bond acceptors (Lipinski definition) is 5. The van der Waals surface area contributed by atoms with Gasteiger partial charge in [0.25, 0.3) is 0 Å². The predicted molar refractivity (Wildman–Crippen MR) is 67.5 cm³/mol. The summed E-state index contributed by atoms with van der Waals surface area (Å²) in [7, 11) is 0. The van der Waals surface area contributed by atoms with Gasteiger partial charge in [0.15, 0.2) is 5.16 Å². The molecule has 0 radical (unpaired) electrons. The highest BCUT2D eigenvalue weighted by Crippen LogP contribution is 2.24. The highest BCUT2D eigenvalue weighted by molar-refractivity contribution is 7.99. The van der Waals surface area contributed by atoms with Crippen LogP contribution in [0.2, 0.25) is 0 Å². The van der Waals surface area contributed by atoms with Gasteiger partial charge in [-0.2, -0.15) is 0 Å². The average Bonchev–Trinajstić information content (AvgIpc) is 2.71. The summed E-state index contributed by atoms with van der Waals surface area (Å²) in [6, 6.07) is 3.62. The molecule has 0 amide bonds. The molecule has 2 aromatic heterocycles. The number of pyridine rings is 1. The zero-order valence-electron chi connectivity index (χ0n) is 10.1. The molecule has 0 aromatic carbocycles. The predicted octanol–water partition coefficient (Wildman–Crippen LogP) is 1.19. The van der Waals surface area contributed by atoms with Crippen LogP contribution in [0.4, 0.5) is 0 Å². The Labute approximate surface area is 108 Å². The molecular weight excluding hydrogens is 252 g/mol. The standard InChI is InChI=1S/C11H14N4O2S/c1-7(2)15-10(17)13-14-11(15)18-9-4-3-8(6-16)5-12-9/h3-5,7,16H,6H2,1-2H3,(H,13,17). The van der Waals surface area contributed by atoms with E-state index in [1.54, 1.807) is 22.9 Å². The Bertz CT molecular complexity index is 573. The minimum Gasteiger partial charge on any atom is -0.392 e. The van der Waals surface area contributed by atoms with Crippen molar-refractivity contribution in [3.63, 3.8) is 0 Å². The van der Waals surface area contributed by atoms with Crippen LogP contribution < -0.4 is 5.69 Å². The maximum Gasteiger partial charge on any atom is 0.344 e. The van der Waals surface area contributed by atoms with E-state index in [1.807, 2.05) is 13.8 Å². The summed E-state index contributed by atoms with van der Waals surface area (Å²) in [5.74, 6) is 0. The summed E-state index contributed by atoms with van der Waals surface area (Å²) in [5, 5.41) is 16.6. The lowest BCUT2D eigenvalue weighted by molar-refractivity contribution is 0.281. The third kappa shape index (κ3) is 2.62. The normalized spacial score (nSPS) is 11.1. The van der Waals surface area contributed by atoms with Gasteiger partial charge in [0.05, 0.1) is 6.61 Å². The molecule has 0 aliphatic rings. The van der Waals surface area contributed by atoms with Crippen molar-refractivity contribution in [2.45, 2.75) is 36.7 Å². The smallest absolute Gasteiger partial charge is 0.344 e. The molecule has 0 saturated heterocycles. The molecule has 6 nitrogen and oxygen atoms in total. The van der Waals surface area contributed by atoms with Crippen LogP contribution in [0.25, 0.3) is 0 Å². The number of rotatable bonds is 4. The quantitative estimate of drug-likeness (QED) is 0.868. The Morgan fingerprint density at radius 3 is 2.83 bits per heavy atom. The number of aromatic nitrogens is 4. The summed E-state index contributed by atoms with van der Waals surface area (Å²) in [6.07, 6.45) is 1.60. The van der Waals surface area contributed by atoms with Crippen molar-refractivity contribution in [2.24, 2.45) is 0 Å². The van der Waals surface area contributed by atoms with Crippen LogP contribution in [0.5, 0.6) is 0 Å². The Morgan fingerprint density at radius 1 is 1.50 bits per heavy atom. The summed E-state index contributed by atoms with van der Waals surface area (Å²) in [5.41, 5.74) is 0.530. The summed E-state index contributed by atoms with van der Waals surface area (Å²) in [6.45, 7) is 3.81. The number of H-pyrrole nitrogens is 1. The number of aliphatic hydroxyl groups excluding tert-OH is 1. The van der Waals surface area contributed by atoms with E-state index in [-0.39, 0.29) is 18.3 Å². The number of aliphatic hydroxyl groups is 1. The molecule has 18 heavy (non-hydrogen) atoms. The average molecular weight is 266 g/mol. The van der Waals surface area contributed by atoms with Crippen molar-refractivity contribution in [3.8, 4) is 0 Å². The minimum absolute atomic E-state index is 0.0307. The monoisotopic (exact) mass is 266 g/mol.